The molecule has 1 aromatic heterocycles. The van der Waals surface area contributed by atoms with Crippen LogP contribution in [-0.2, 0) is 0 Å². The normalized spacial score (nSPS) is 18.4. The lowest BCUT2D eigenvalue weighted by Gasteiger charge is -2.35. The summed E-state index contributed by atoms with van der Waals surface area (Å²) >= 11 is 6.30. The lowest BCUT2D eigenvalue weighted by atomic mass is 9.99. The molecule has 0 radical (unpaired) electrons. The third kappa shape index (κ3) is 4.16. The van der Waals surface area contributed by atoms with Gasteiger partial charge in [0.2, 0.25) is 0 Å². The monoisotopic (exact) mass is 281 g/mol. The minimum Gasteiger partial charge on any atom is -0.314 e. The van der Waals surface area contributed by atoms with Crippen LogP contribution in [0, 0.1) is 0 Å². The molecule has 0 saturated carbocycles. The number of aromatic nitrogens is 1. The predicted molar refractivity (Wildman–Crippen MR) is 80.6 cm³/mol. The van der Waals surface area contributed by atoms with Crippen LogP contribution in [0.5, 0.6) is 0 Å². The number of pyridine rings is 1. The summed E-state index contributed by atoms with van der Waals surface area (Å²) in [5.41, 5.74) is 1.20. The fourth-order valence-electron chi connectivity index (χ4n) is 2.76. The van der Waals surface area contributed by atoms with Gasteiger partial charge in [0.05, 0.1) is 0 Å². The Morgan fingerprint density at radius 2 is 2.16 bits per heavy atom. The molecule has 0 unspecified atom stereocenters. The van der Waals surface area contributed by atoms with Crippen LogP contribution >= 0.6 is 11.6 Å². The molecule has 1 N–H and O–H groups in total. The molecule has 2 rings (SSSR count). The van der Waals surface area contributed by atoms with Crippen molar-refractivity contribution in [2.24, 2.45) is 0 Å². The van der Waals surface area contributed by atoms with Crippen LogP contribution in [0.1, 0.15) is 44.2 Å². The van der Waals surface area contributed by atoms with Crippen LogP contribution in [0.4, 0.5) is 0 Å². The number of nitrogens with one attached hydrogen (secondary N) is 1. The highest BCUT2D eigenvalue weighted by Gasteiger charge is 2.23. The van der Waals surface area contributed by atoms with Gasteiger partial charge in [0.25, 0.3) is 0 Å². The van der Waals surface area contributed by atoms with E-state index in [0.717, 1.165) is 26.2 Å². The molecule has 1 aliphatic heterocycles. The standard InChI is InChI=1S/C15H24ClN3/c1-2-3-4-7-14(19-11-9-17-10-12-19)13-6-5-8-18-15(13)16/h5-6,8,14,17H,2-4,7,9-12H2,1H3/t14-/m1/s1. The maximum Gasteiger partial charge on any atom is 0.133 e. The molecule has 0 aliphatic carbocycles. The summed E-state index contributed by atoms with van der Waals surface area (Å²) in [6.07, 6.45) is 6.76. The van der Waals surface area contributed by atoms with Gasteiger partial charge in [0, 0.05) is 44.0 Å². The largest absolute Gasteiger partial charge is 0.314 e. The summed E-state index contributed by atoms with van der Waals surface area (Å²) in [7, 11) is 0. The van der Waals surface area contributed by atoms with Crippen LogP contribution in [-0.4, -0.2) is 36.1 Å². The Morgan fingerprint density at radius 1 is 1.37 bits per heavy atom. The Morgan fingerprint density at radius 3 is 2.84 bits per heavy atom. The quantitative estimate of drug-likeness (QED) is 0.641. The summed E-state index contributed by atoms with van der Waals surface area (Å²) in [4.78, 5) is 6.80. The van der Waals surface area contributed by atoms with E-state index < -0.39 is 0 Å². The molecule has 106 valence electrons. The Labute approximate surface area is 121 Å². The number of hydrogen-bond donors (Lipinski definition) is 1. The van der Waals surface area contributed by atoms with Crippen LogP contribution < -0.4 is 5.32 Å². The van der Waals surface area contributed by atoms with E-state index in [1.54, 1.807) is 6.20 Å². The van der Waals surface area contributed by atoms with Crippen molar-refractivity contribution in [1.82, 2.24) is 15.2 Å². The number of unbranched alkanes of at least 4 members (excludes halogenated alkanes) is 2. The van der Waals surface area contributed by atoms with E-state index >= 15 is 0 Å². The van der Waals surface area contributed by atoms with Crippen molar-refractivity contribution in [3.05, 3.63) is 29.0 Å². The summed E-state index contributed by atoms with van der Waals surface area (Å²) in [5, 5.41) is 4.08. The lowest BCUT2D eigenvalue weighted by molar-refractivity contribution is 0.162. The van der Waals surface area contributed by atoms with Crippen LogP contribution in [0.3, 0.4) is 0 Å². The highest BCUT2D eigenvalue weighted by atomic mass is 35.5. The van der Waals surface area contributed by atoms with Crippen LogP contribution in [0.15, 0.2) is 18.3 Å². The molecule has 1 atom stereocenters. The van der Waals surface area contributed by atoms with Gasteiger partial charge in [0.15, 0.2) is 0 Å². The van der Waals surface area contributed by atoms with Crippen molar-refractivity contribution in [3.63, 3.8) is 0 Å². The minimum atomic E-state index is 0.426. The van der Waals surface area contributed by atoms with Crippen molar-refractivity contribution in [2.75, 3.05) is 26.2 Å². The lowest BCUT2D eigenvalue weighted by Crippen LogP contribution is -2.45. The number of piperazine rings is 1. The molecule has 4 heteroatoms. The van der Waals surface area contributed by atoms with Crippen molar-refractivity contribution in [2.45, 2.75) is 38.6 Å². The van der Waals surface area contributed by atoms with E-state index in [0.29, 0.717) is 11.2 Å². The van der Waals surface area contributed by atoms with Gasteiger partial charge in [-0.05, 0) is 12.5 Å². The Balaban J connectivity index is 2.10. The summed E-state index contributed by atoms with van der Waals surface area (Å²) < 4.78 is 0. The minimum absolute atomic E-state index is 0.426. The molecule has 0 bridgehead atoms. The number of hydrogen-bond acceptors (Lipinski definition) is 3. The maximum atomic E-state index is 6.30. The van der Waals surface area contributed by atoms with Gasteiger partial charge in [-0.1, -0.05) is 43.9 Å². The first kappa shape index (κ1) is 14.8. The molecule has 2 heterocycles. The molecule has 3 nitrogen and oxygen atoms in total. The highest BCUT2D eigenvalue weighted by molar-refractivity contribution is 6.30. The van der Waals surface area contributed by atoms with E-state index in [9.17, 15) is 0 Å². The molecule has 1 aromatic rings. The van der Waals surface area contributed by atoms with Gasteiger partial charge < -0.3 is 5.32 Å². The Bertz CT molecular complexity index is 377. The zero-order valence-corrected chi connectivity index (χ0v) is 12.5. The smallest absolute Gasteiger partial charge is 0.133 e. The second-order valence-corrected chi connectivity index (χ2v) is 5.54. The average molecular weight is 282 g/mol. The second-order valence-electron chi connectivity index (χ2n) is 5.18. The Hall–Kier alpha value is -0.640. The molecule has 0 amide bonds. The van der Waals surface area contributed by atoms with E-state index in [1.165, 1.54) is 31.2 Å². The molecule has 19 heavy (non-hydrogen) atoms. The van der Waals surface area contributed by atoms with Crippen molar-refractivity contribution in [3.8, 4) is 0 Å². The van der Waals surface area contributed by atoms with E-state index in [1.807, 2.05) is 6.07 Å². The first-order valence-corrected chi connectivity index (χ1v) is 7.76. The van der Waals surface area contributed by atoms with E-state index in [-0.39, 0.29) is 0 Å². The fourth-order valence-corrected chi connectivity index (χ4v) is 3.01. The maximum absolute atomic E-state index is 6.30. The third-order valence-corrected chi connectivity index (χ3v) is 4.14. The van der Waals surface area contributed by atoms with E-state index in [2.05, 4.69) is 28.2 Å². The van der Waals surface area contributed by atoms with Crippen LogP contribution in [0.2, 0.25) is 5.15 Å². The molecule has 0 spiro atoms. The second kappa shape index (κ2) is 7.83. The van der Waals surface area contributed by atoms with Crippen molar-refractivity contribution < 1.29 is 0 Å². The SMILES string of the molecule is CCCCC[C@H](c1cccnc1Cl)N1CCNCC1. The zero-order chi connectivity index (χ0) is 13.5. The third-order valence-electron chi connectivity index (χ3n) is 3.82. The van der Waals surface area contributed by atoms with Crippen LogP contribution in [0.25, 0.3) is 0 Å². The van der Waals surface area contributed by atoms with Gasteiger partial charge in [-0.2, -0.15) is 0 Å². The topological polar surface area (TPSA) is 28.2 Å². The van der Waals surface area contributed by atoms with Crippen molar-refractivity contribution in [1.29, 1.82) is 0 Å². The molecule has 1 aliphatic rings. The van der Waals surface area contributed by atoms with Gasteiger partial charge in [0.1, 0.15) is 5.15 Å². The van der Waals surface area contributed by atoms with Gasteiger partial charge >= 0.3 is 0 Å². The molecule has 1 fully saturated rings. The first-order valence-electron chi connectivity index (χ1n) is 7.38. The summed E-state index contributed by atoms with van der Waals surface area (Å²) in [6, 6.07) is 4.55. The van der Waals surface area contributed by atoms with Gasteiger partial charge in [-0.25, -0.2) is 4.98 Å². The first-order chi connectivity index (χ1) is 9.33. The molecular weight excluding hydrogens is 258 g/mol. The number of nitrogens with zero attached hydrogens (tertiary/aromatic N) is 2. The summed E-state index contributed by atoms with van der Waals surface area (Å²) in [5.74, 6) is 0. The number of rotatable bonds is 6. The Kier molecular flexibility index (Phi) is 6.08. The molecule has 0 aromatic carbocycles. The van der Waals surface area contributed by atoms with Gasteiger partial charge in [-0.3, -0.25) is 4.90 Å². The molecule has 1 saturated heterocycles. The molecular formula is C15H24ClN3. The number of halogens is 1. The van der Waals surface area contributed by atoms with Crippen molar-refractivity contribution >= 4 is 11.6 Å². The fraction of sp³-hybridized carbons (Fsp3) is 0.667. The predicted octanol–water partition coefficient (Wildman–Crippen LogP) is 3.26. The zero-order valence-electron chi connectivity index (χ0n) is 11.7. The van der Waals surface area contributed by atoms with Gasteiger partial charge in [-0.15, -0.1) is 0 Å². The summed E-state index contributed by atoms with van der Waals surface area (Å²) in [6.45, 7) is 6.59. The van der Waals surface area contributed by atoms with E-state index in [4.69, 9.17) is 11.6 Å². The highest BCUT2D eigenvalue weighted by Crippen LogP contribution is 2.30. The average Bonchev–Trinajstić information content (AvgIpc) is 2.46.